The van der Waals surface area contributed by atoms with Crippen LogP contribution in [0.3, 0.4) is 0 Å². The zero-order valence-corrected chi connectivity index (χ0v) is 12.7. The van der Waals surface area contributed by atoms with Crippen molar-refractivity contribution in [1.29, 1.82) is 0 Å². The molecule has 0 amide bonds. The zero-order valence-electron chi connectivity index (χ0n) is 11.9. The summed E-state index contributed by atoms with van der Waals surface area (Å²) in [6.45, 7) is 2.49. The molecule has 0 aromatic carbocycles. The van der Waals surface area contributed by atoms with E-state index in [4.69, 9.17) is 9.47 Å². The van der Waals surface area contributed by atoms with Gasteiger partial charge in [0.05, 0.1) is 19.0 Å². The van der Waals surface area contributed by atoms with Crippen LogP contribution < -0.4 is 5.32 Å². The molecule has 19 heavy (non-hydrogen) atoms. The number of nitrogens with one attached hydrogen (secondary N) is 1. The summed E-state index contributed by atoms with van der Waals surface area (Å²) < 4.78 is 36.2. The van der Waals surface area contributed by atoms with E-state index < -0.39 is 10.0 Å². The van der Waals surface area contributed by atoms with Crippen LogP contribution in [-0.4, -0.2) is 71.6 Å². The van der Waals surface area contributed by atoms with Gasteiger partial charge in [-0.15, -0.1) is 0 Å². The average Bonchev–Trinajstić information content (AvgIpc) is 2.39. The lowest BCUT2D eigenvalue weighted by Gasteiger charge is -2.27. The maximum Gasteiger partial charge on any atom is 0.215 e. The van der Waals surface area contributed by atoms with Crippen LogP contribution in [-0.2, 0) is 19.5 Å². The first kappa shape index (κ1) is 16.8. The molecule has 0 aromatic heterocycles. The standard InChI is InChI=1S/C12H26N2O4S/c1-17-9-7-14(8-10-18-2)19(15,16)11-12-5-3-4-6-13-12/h12-13H,3-11H2,1-2H3. The smallest absolute Gasteiger partial charge is 0.215 e. The fourth-order valence-electron chi connectivity index (χ4n) is 2.20. The summed E-state index contributed by atoms with van der Waals surface area (Å²) in [4.78, 5) is 0. The second kappa shape index (κ2) is 8.86. The summed E-state index contributed by atoms with van der Waals surface area (Å²) in [6, 6.07) is 0.0753. The molecule has 0 aliphatic carbocycles. The van der Waals surface area contributed by atoms with Gasteiger partial charge in [-0.25, -0.2) is 8.42 Å². The van der Waals surface area contributed by atoms with Gasteiger partial charge in [0.1, 0.15) is 0 Å². The van der Waals surface area contributed by atoms with Crippen molar-refractivity contribution < 1.29 is 17.9 Å². The highest BCUT2D eigenvalue weighted by Gasteiger charge is 2.26. The van der Waals surface area contributed by atoms with Gasteiger partial charge in [-0.3, -0.25) is 0 Å². The predicted octanol–water partition coefficient (Wildman–Crippen LogP) is 0.0531. The van der Waals surface area contributed by atoms with Gasteiger partial charge in [-0.2, -0.15) is 4.31 Å². The summed E-state index contributed by atoms with van der Waals surface area (Å²) in [5.41, 5.74) is 0. The van der Waals surface area contributed by atoms with Crippen molar-refractivity contribution in [3.8, 4) is 0 Å². The van der Waals surface area contributed by atoms with Crippen molar-refractivity contribution in [2.45, 2.75) is 25.3 Å². The van der Waals surface area contributed by atoms with Crippen LogP contribution in [0.25, 0.3) is 0 Å². The minimum Gasteiger partial charge on any atom is -0.383 e. The van der Waals surface area contributed by atoms with Gasteiger partial charge in [0.25, 0.3) is 0 Å². The molecule has 0 aromatic rings. The van der Waals surface area contributed by atoms with E-state index in [1.165, 1.54) is 4.31 Å². The predicted molar refractivity (Wildman–Crippen MR) is 74.8 cm³/mol. The van der Waals surface area contributed by atoms with E-state index in [2.05, 4.69) is 5.32 Å². The highest BCUT2D eigenvalue weighted by Crippen LogP contribution is 2.12. The maximum absolute atomic E-state index is 12.4. The Labute approximate surface area is 116 Å². The van der Waals surface area contributed by atoms with Crippen LogP contribution in [0.4, 0.5) is 0 Å². The van der Waals surface area contributed by atoms with Gasteiger partial charge in [0, 0.05) is 33.4 Å². The van der Waals surface area contributed by atoms with Crippen molar-refractivity contribution in [1.82, 2.24) is 9.62 Å². The van der Waals surface area contributed by atoms with Gasteiger partial charge < -0.3 is 14.8 Å². The van der Waals surface area contributed by atoms with E-state index in [1.54, 1.807) is 14.2 Å². The normalized spacial score (nSPS) is 20.9. The monoisotopic (exact) mass is 294 g/mol. The number of ether oxygens (including phenoxy) is 2. The van der Waals surface area contributed by atoms with Crippen molar-refractivity contribution in [2.75, 3.05) is 52.8 Å². The number of methoxy groups -OCH3 is 2. The lowest BCUT2D eigenvalue weighted by molar-refractivity contribution is 0.150. The first-order chi connectivity index (χ1) is 9.10. The molecule has 1 rings (SSSR count). The van der Waals surface area contributed by atoms with Crippen molar-refractivity contribution >= 4 is 10.0 Å². The number of nitrogens with zero attached hydrogens (tertiary/aromatic N) is 1. The number of hydrogen-bond acceptors (Lipinski definition) is 5. The quantitative estimate of drug-likeness (QED) is 0.651. The van der Waals surface area contributed by atoms with E-state index in [9.17, 15) is 8.42 Å². The fraction of sp³-hybridized carbons (Fsp3) is 1.00. The number of piperidine rings is 1. The Morgan fingerprint density at radius 3 is 2.26 bits per heavy atom. The minimum absolute atomic E-state index is 0.0753. The Morgan fingerprint density at radius 1 is 1.16 bits per heavy atom. The van der Waals surface area contributed by atoms with Crippen LogP contribution >= 0.6 is 0 Å². The molecule has 114 valence electrons. The SMILES string of the molecule is COCCN(CCOC)S(=O)(=O)CC1CCCCN1. The average molecular weight is 294 g/mol. The Kier molecular flexibility index (Phi) is 7.86. The Bertz CT molecular complexity index is 321. The minimum atomic E-state index is -3.26. The molecule has 1 N–H and O–H groups in total. The van der Waals surface area contributed by atoms with Crippen LogP contribution in [0, 0.1) is 0 Å². The molecule has 0 radical (unpaired) electrons. The van der Waals surface area contributed by atoms with Crippen LogP contribution in [0.1, 0.15) is 19.3 Å². The molecule has 1 heterocycles. The van der Waals surface area contributed by atoms with Crippen LogP contribution in [0.15, 0.2) is 0 Å². The summed E-state index contributed by atoms with van der Waals surface area (Å²) in [5, 5.41) is 3.27. The highest BCUT2D eigenvalue weighted by molar-refractivity contribution is 7.89. The maximum atomic E-state index is 12.4. The zero-order chi connectivity index (χ0) is 14.1. The van der Waals surface area contributed by atoms with Gasteiger partial charge >= 0.3 is 0 Å². The van der Waals surface area contributed by atoms with Crippen molar-refractivity contribution in [3.05, 3.63) is 0 Å². The highest BCUT2D eigenvalue weighted by atomic mass is 32.2. The lowest BCUT2D eigenvalue weighted by Crippen LogP contribution is -2.45. The molecular formula is C12H26N2O4S. The first-order valence-electron chi connectivity index (χ1n) is 6.79. The van der Waals surface area contributed by atoms with Gasteiger partial charge in [0.2, 0.25) is 10.0 Å². The van der Waals surface area contributed by atoms with E-state index in [0.717, 1.165) is 25.8 Å². The summed E-state index contributed by atoms with van der Waals surface area (Å²) >= 11 is 0. The largest absolute Gasteiger partial charge is 0.383 e. The molecule has 1 unspecified atom stereocenters. The second-order valence-corrected chi connectivity index (χ2v) is 6.82. The number of rotatable bonds is 9. The molecule has 1 saturated heterocycles. The molecule has 7 heteroatoms. The summed E-state index contributed by atoms with van der Waals surface area (Å²) in [7, 11) is -0.109. The molecule has 0 spiro atoms. The van der Waals surface area contributed by atoms with E-state index in [-0.39, 0.29) is 11.8 Å². The molecular weight excluding hydrogens is 268 g/mol. The molecule has 1 fully saturated rings. The van der Waals surface area contributed by atoms with Gasteiger partial charge in [-0.1, -0.05) is 6.42 Å². The Balaban J connectivity index is 2.56. The topological polar surface area (TPSA) is 67.9 Å². The lowest BCUT2D eigenvalue weighted by atomic mass is 10.1. The molecule has 1 aliphatic heterocycles. The van der Waals surface area contributed by atoms with E-state index in [0.29, 0.717) is 26.3 Å². The van der Waals surface area contributed by atoms with Gasteiger partial charge in [-0.05, 0) is 19.4 Å². The number of sulfonamides is 1. The first-order valence-corrected chi connectivity index (χ1v) is 8.40. The third kappa shape index (κ3) is 6.18. The van der Waals surface area contributed by atoms with Crippen LogP contribution in [0.5, 0.6) is 0 Å². The third-order valence-electron chi connectivity index (χ3n) is 3.31. The van der Waals surface area contributed by atoms with E-state index >= 15 is 0 Å². The Morgan fingerprint density at radius 2 is 1.79 bits per heavy atom. The second-order valence-electron chi connectivity index (χ2n) is 4.81. The van der Waals surface area contributed by atoms with Crippen molar-refractivity contribution in [2.24, 2.45) is 0 Å². The molecule has 1 atom stereocenters. The third-order valence-corrected chi connectivity index (χ3v) is 5.28. The molecule has 6 nitrogen and oxygen atoms in total. The van der Waals surface area contributed by atoms with Crippen LogP contribution in [0.2, 0.25) is 0 Å². The van der Waals surface area contributed by atoms with E-state index in [1.807, 2.05) is 0 Å². The summed E-state index contributed by atoms with van der Waals surface area (Å²) in [6.07, 6.45) is 3.17. The molecule has 0 bridgehead atoms. The molecule has 0 saturated carbocycles. The fourth-order valence-corrected chi connectivity index (χ4v) is 3.91. The van der Waals surface area contributed by atoms with Gasteiger partial charge in [0.15, 0.2) is 0 Å². The number of hydrogen-bond donors (Lipinski definition) is 1. The van der Waals surface area contributed by atoms with Crippen molar-refractivity contribution in [3.63, 3.8) is 0 Å². The Hall–Kier alpha value is -0.210. The summed E-state index contributed by atoms with van der Waals surface area (Å²) in [5.74, 6) is 0.167. The molecule has 1 aliphatic rings.